The highest BCUT2D eigenvalue weighted by atomic mass is 16.7. The zero-order chi connectivity index (χ0) is 12.5. The molecule has 0 atom stereocenters. The molecular formula is C13H16O4. The minimum absolute atomic E-state index is 0.202. The van der Waals surface area contributed by atoms with Gasteiger partial charge < -0.3 is 14.6 Å². The van der Waals surface area contributed by atoms with E-state index < -0.39 is 6.16 Å². The lowest BCUT2D eigenvalue weighted by Gasteiger charge is -2.01. The number of hydrogen-bond donors (Lipinski definition) is 1. The summed E-state index contributed by atoms with van der Waals surface area (Å²) in [5, 5.41) is 9.51. The van der Waals surface area contributed by atoms with Crippen LogP contribution in [0.3, 0.4) is 0 Å². The predicted octanol–water partition coefficient (Wildman–Crippen LogP) is 2.66. The van der Waals surface area contributed by atoms with Gasteiger partial charge >= 0.3 is 6.16 Å². The van der Waals surface area contributed by atoms with Gasteiger partial charge in [0.15, 0.2) is 0 Å². The van der Waals surface area contributed by atoms with Crippen LogP contribution in [0.25, 0.3) is 0 Å². The van der Waals surface area contributed by atoms with Crippen LogP contribution in [0, 0.1) is 0 Å². The van der Waals surface area contributed by atoms with Crippen LogP contribution >= 0.6 is 0 Å². The predicted molar refractivity (Wildman–Crippen MR) is 63.9 cm³/mol. The first kappa shape index (κ1) is 13.1. The van der Waals surface area contributed by atoms with E-state index in [4.69, 9.17) is 0 Å². The maximum Gasteiger partial charge on any atom is 0.508 e. The molecule has 17 heavy (non-hydrogen) atoms. The number of allylic oxidation sites excluding steroid dienone is 1. The molecule has 4 nitrogen and oxygen atoms in total. The Morgan fingerprint density at radius 3 is 2.82 bits per heavy atom. The number of methoxy groups -OCH3 is 1. The molecule has 0 radical (unpaired) electrons. The van der Waals surface area contributed by atoms with Gasteiger partial charge in [-0.3, -0.25) is 0 Å². The fourth-order valence-corrected chi connectivity index (χ4v) is 1.32. The molecule has 0 bridgehead atoms. The van der Waals surface area contributed by atoms with E-state index in [1.54, 1.807) is 18.2 Å². The summed E-state index contributed by atoms with van der Waals surface area (Å²) in [5.41, 5.74) is 0.908. The van der Waals surface area contributed by atoms with Crippen molar-refractivity contribution < 1.29 is 19.4 Å². The Hall–Kier alpha value is -1.97. The second-order valence-electron chi connectivity index (χ2n) is 3.40. The van der Waals surface area contributed by atoms with Crippen molar-refractivity contribution in [2.75, 3.05) is 13.7 Å². The second-order valence-corrected chi connectivity index (χ2v) is 3.40. The fourth-order valence-electron chi connectivity index (χ4n) is 1.32. The highest BCUT2D eigenvalue weighted by Gasteiger charge is 1.98. The van der Waals surface area contributed by atoms with Crippen molar-refractivity contribution in [2.45, 2.75) is 12.8 Å². The second kappa shape index (κ2) is 7.33. The molecule has 1 N–H and O–H groups in total. The van der Waals surface area contributed by atoms with E-state index in [9.17, 15) is 9.90 Å². The van der Waals surface area contributed by atoms with Crippen LogP contribution in [-0.2, 0) is 15.9 Å². The number of ether oxygens (including phenoxy) is 2. The van der Waals surface area contributed by atoms with Gasteiger partial charge in [-0.05, 0) is 24.5 Å². The molecular weight excluding hydrogens is 220 g/mol. The number of para-hydroxylation sites is 1. The van der Waals surface area contributed by atoms with Gasteiger partial charge in [-0.15, -0.1) is 0 Å². The number of phenolic OH excluding ortho intramolecular Hbond substituents is 1. The molecule has 1 aromatic rings. The molecule has 0 heterocycles. The highest BCUT2D eigenvalue weighted by Crippen LogP contribution is 2.17. The van der Waals surface area contributed by atoms with Crippen LogP contribution in [0.4, 0.5) is 4.79 Å². The molecule has 0 aliphatic rings. The number of aromatic hydroxyl groups is 1. The number of carbonyl (C=O) groups is 1. The molecule has 0 spiro atoms. The van der Waals surface area contributed by atoms with Gasteiger partial charge in [0.05, 0.1) is 7.11 Å². The smallest absolute Gasteiger partial charge is 0.508 e. The lowest BCUT2D eigenvalue weighted by atomic mass is 10.1. The van der Waals surface area contributed by atoms with Gasteiger partial charge in [-0.2, -0.15) is 0 Å². The number of phenols is 1. The monoisotopic (exact) mass is 236 g/mol. The Morgan fingerprint density at radius 1 is 1.35 bits per heavy atom. The minimum Gasteiger partial charge on any atom is -0.508 e. The van der Waals surface area contributed by atoms with Crippen molar-refractivity contribution in [3.8, 4) is 5.75 Å². The Morgan fingerprint density at radius 2 is 2.12 bits per heavy atom. The van der Waals surface area contributed by atoms with Gasteiger partial charge in [-0.1, -0.05) is 30.4 Å². The molecule has 1 aromatic carbocycles. The van der Waals surface area contributed by atoms with E-state index >= 15 is 0 Å². The average molecular weight is 236 g/mol. The summed E-state index contributed by atoms with van der Waals surface area (Å²) < 4.78 is 8.98. The first-order chi connectivity index (χ1) is 8.24. The first-order valence-electron chi connectivity index (χ1n) is 5.36. The minimum atomic E-state index is -0.685. The zero-order valence-electron chi connectivity index (χ0n) is 9.76. The van der Waals surface area contributed by atoms with Crippen LogP contribution in [0.5, 0.6) is 5.75 Å². The van der Waals surface area contributed by atoms with Crippen LogP contribution in [-0.4, -0.2) is 25.0 Å². The van der Waals surface area contributed by atoms with Crippen LogP contribution < -0.4 is 0 Å². The van der Waals surface area contributed by atoms with Crippen LogP contribution in [0.1, 0.15) is 12.0 Å². The summed E-state index contributed by atoms with van der Waals surface area (Å²) in [4.78, 5) is 10.6. The van der Waals surface area contributed by atoms with Crippen molar-refractivity contribution in [2.24, 2.45) is 0 Å². The summed E-state index contributed by atoms with van der Waals surface area (Å²) in [5.74, 6) is 0.312. The maximum absolute atomic E-state index is 10.6. The molecule has 92 valence electrons. The molecule has 0 aliphatic heterocycles. The topological polar surface area (TPSA) is 55.8 Å². The standard InChI is InChI=1S/C13H16O4/c1-16-13(15)17-10-6-2-3-7-11-8-4-5-9-12(11)14/h2,4-6,8-9,14H,3,7,10H2,1H3/b6-2+. The number of rotatable bonds is 5. The van der Waals surface area contributed by atoms with Gasteiger partial charge in [0, 0.05) is 0 Å². The van der Waals surface area contributed by atoms with Crippen molar-refractivity contribution >= 4 is 6.16 Å². The van der Waals surface area contributed by atoms with Crippen molar-refractivity contribution in [3.63, 3.8) is 0 Å². The Balaban J connectivity index is 2.22. The van der Waals surface area contributed by atoms with Crippen molar-refractivity contribution in [1.82, 2.24) is 0 Å². The van der Waals surface area contributed by atoms with Gasteiger partial charge in [-0.25, -0.2) is 4.79 Å². The van der Waals surface area contributed by atoms with Crippen molar-refractivity contribution in [1.29, 1.82) is 0 Å². The number of aryl methyl sites for hydroxylation is 1. The maximum atomic E-state index is 10.6. The van der Waals surface area contributed by atoms with Crippen LogP contribution in [0.15, 0.2) is 36.4 Å². The summed E-state index contributed by atoms with van der Waals surface area (Å²) >= 11 is 0. The third kappa shape index (κ3) is 5.06. The molecule has 0 aromatic heterocycles. The Bertz CT molecular complexity index is 385. The van der Waals surface area contributed by atoms with Gasteiger partial charge in [0.25, 0.3) is 0 Å². The third-order valence-corrected chi connectivity index (χ3v) is 2.20. The summed E-state index contributed by atoms with van der Waals surface area (Å²) in [6.07, 6.45) is 4.49. The summed E-state index contributed by atoms with van der Waals surface area (Å²) in [7, 11) is 1.27. The van der Waals surface area contributed by atoms with Crippen LogP contribution in [0.2, 0.25) is 0 Å². The quantitative estimate of drug-likeness (QED) is 0.630. The molecule has 0 fully saturated rings. The molecule has 0 saturated carbocycles. The molecule has 4 heteroatoms. The highest BCUT2D eigenvalue weighted by molar-refractivity contribution is 5.59. The number of carbonyl (C=O) groups excluding carboxylic acids is 1. The lowest BCUT2D eigenvalue weighted by Crippen LogP contribution is -2.03. The van der Waals surface area contributed by atoms with E-state index in [0.717, 1.165) is 18.4 Å². The molecule has 1 rings (SSSR count). The third-order valence-electron chi connectivity index (χ3n) is 2.20. The Kier molecular flexibility index (Phi) is 5.64. The van der Waals surface area contributed by atoms with E-state index in [2.05, 4.69) is 9.47 Å². The van der Waals surface area contributed by atoms with Gasteiger partial charge in [0.1, 0.15) is 12.4 Å². The average Bonchev–Trinajstić information content (AvgIpc) is 2.35. The molecule has 0 saturated heterocycles. The molecule has 0 amide bonds. The van der Waals surface area contributed by atoms with E-state index in [-0.39, 0.29) is 6.61 Å². The molecule has 0 aliphatic carbocycles. The summed E-state index contributed by atoms with van der Waals surface area (Å²) in [6, 6.07) is 7.23. The fraction of sp³-hybridized carbons (Fsp3) is 0.308. The normalized spacial score (nSPS) is 10.4. The number of hydrogen-bond acceptors (Lipinski definition) is 4. The van der Waals surface area contributed by atoms with Crippen molar-refractivity contribution in [3.05, 3.63) is 42.0 Å². The van der Waals surface area contributed by atoms with Gasteiger partial charge in [0.2, 0.25) is 0 Å². The van der Waals surface area contributed by atoms with E-state index in [1.165, 1.54) is 7.11 Å². The Labute approximate surface area is 100 Å². The number of benzene rings is 1. The zero-order valence-corrected chi connectivity index (χ0v) is 9.76. The summed E-state index contributed by atoms with van der Waals surface area (Å²) in [6.45, 7) is 0.202. The first-order valence-corrected chi connectivity index (χ1v) is 5.36. The lowest BCUT2D eigenvalue weighted by molar-refractivity contribution is 0.0817. The SMILES string of the molecule is COC(=O)OC/C=C/CCc1ccccc1O. The van der Waals surface area contributed by atoms with E-state index in [0.29, 0.717) is 5.75 Å². The van der Waals surface area contributed by atoms with E-state index in [1.807, 2.05) is 18.2 Å². The largest absolute Gasteiger partial charge is 0.508 e. The molecule has 0 unspecified atom stereocenters.